The van der Waals surface area contributed by atoms with Gasteiger partial charge in [0.1, 0.15) is 0 Å². The summed E-state index contributed by atoms with van der Waals surface area (Å²) in [6.07, 6.45) is 0.972. The van der Waals surface area contributed by atoms with Crippen LogP contribution in [0.2, 0.25) is 0 Å². The molecule has 0 spiro atoms. The van der Waals surface area contributed by atoms with Crippen molar-refractivity contribution in [3.05, 3.63) is 21.4 Å². The molecular formula is C11H16N2OS. The summed E-state index contributed by atoms with van der Waals surface area (Å²) >= 11 is 1.68. The third kappa shape index (κ3) is 2.21. The smallest absolute Gasteiger partial charge is 0.252 e. The molecule has 1 aliphatic rings. The maximum absolute atomic E-state index is 11.9. The molecule has 0 bridgehead atoms. The highest BCUT2D eigenvalue weighted by atomic mass is 32.1. The molecule has 1 aromatic heterocycles. The van der Waals surface area contributed by atoms with Gasteiger partial charge in [-0.05, 0) is 32.4 Å². The predicted molar refractivity (Wildman–Crippen MR) is 62.3 cm³/mol. The van der Waals surface area contributed by atoms with Crippen LogP contribution >= 0.6 is 11.3 Å². The van der Waals surface area contributed by atoms with Crippen LogP contribution in [-0.4, -0.2) is 18.5 Å². The number of nitrogens with one attached hydrogen (secondary N) is 2. The fraction of sp³-hybridized carbons (Fsp3) is 0.545. The van der Waals surface area contributed by atoms with Crippen molar-refractivity contribution in [3.8, 4) is 0 Å². The van der Waals surface area contributed by atoms with E-state index >= 15 is 0 Å². The molecule has 0 radical (unpaired) electrons. The Kier molecular flexibility index (Phi) is 3.07. The summed E-state index contributed by atoms with van der Waals surface area (Å²) in [4.78, 5) is 13.2. The van der Waals surface area contributed by atoms with Crippen molar-refractivity contribution in [2.24, 2.45) is 0 Å². The van der Waals surface area contributed by atoms with Crippen LogP contribution in [0.4, 0.5) is 0 Å². The highest BCUT2D eigenvalue weighted by Crippen LogP contribution is 2.25. The molecule has 0 unspecified atom stereocenters. The summed E-state index contributed by atoms with van der Waals surface area (Å²) in [5.74, 6) is 0.0735. The van der Waals surface area contributed by atoms with Gasteiger partial charge in [-0.15, -0.1) is 11.3 Å². The van der Waals surface area contributed by atoms with E-state index < -0.39 is 0 Å². The van der Waals surface area contributed by atoms with Crippen LogP contribution < -0.4 is 10.6 Å². The van der Waals surface area contributed by atoms with Crippen molar-refractivity contribution in [1.29, 1.82) is 0 Å². The fourth-order valence-electron chi connectivity index (χ4n) is 1.79. The zero-order valence-corrected chi connectivity index (χ0v) is 9.91. The van der Waals surface area contributed by atoms with Gasteiger partial charge in [0.25, 0.3) is 5.91 Å². The van der Waals surface area contributed by atoms with Crippen molar-refractivity contribution < 1.29 is 4.79 Å². The van der Waals surface area contributed by atoms with E-state index in [0.717, 1.165) is 25.1 Å². The molecule has 15 heavy (non-hydrogen) atoms. The largest absolute Gasteiger partial charge is 0.350 e. The lowest BCUT2D eigenvalue weighted by Gasteiger charge is -2.14. The van der Waals surface area contributed by atoms with Crippen molar-refractivity contribution in [1.82, 2.24) is 10.6 Å². The lowest BCUT2D eigenvalue weighted by molar-refractivity contribution is 0.0942. The van der Waals surface area contributed by atoms with Gasteiger partial charge in [0.2, 0.25) is 0 Å². The molecule has 3 nitrogen and oxygen atoms in total. The SMILES string of the molecule is CC(C)NC(=O)c1csc2c1CCNC2. The van der Waals surface area contributed by atoms with Gasteiger partial charge in [-0.3, -0.25) is 4.79 Å². The van der Waals surface area contributed by atoms with E-state index in [-0.39, 0.29) is 11.9 Å². The second-order valence-electron chi connectivity index (χ2n) is 4.11. The zero-order chi connectivity index (χ0) is 10.8. The molecule has 1 aliphatic heterocycles. The van der Waals surface area contributed by atoms with E-state index in [9.17, 15) is 4.79 Å². The van der Waals surface area contributed by atoms with E-state index in [2.05, 4.69) is 10.6 Å². The molecule has 2 heterocycles. The van der Waals surface area contributed by atoms with Gasteiger partial charge in [-0.1, -0.05) is 0 Å². The molecule has 82 valence electrons. The van der Waals surface area contributed by atoms with Gasteiger partial charge < -0.3 is 10.6 Å². The lowest BCUT2D eigenvalue weighted by Crippen LogP contribution is -2.31. The summed E-state index contributed by atoms with van der Waals surface area (Å²) in [6.45, 7) is 5.86. The molecule has 0 aliphatic carbocycles. The van der Waals surface area contributed by atoms with Crippen LogP contribution in [0.15, 0.2) is 5.38 Å². The van der Waals surface area contributed by atoms with Gasteiger partial charge in [-0.25, -0.2) is 0 Å². The highest BCUT2D eigenvalue weighted by Gasteiger charge is 2.19. The van der Waals surface area contributed by atoms with Gasteiger partial charge in [0, 0.05) is 22.8 Å². The summed E-state index contributed by atoms with van der Waals surface area (Å²) in [5, 5.41) is 8.24. The minimum atomic E-state index is 0.0735. The molecule has 0 saturated heterocycles. The van der Waals surface area contributed by atoms with Gasteiger partial charge in [-0.2, -0.15) is 0 Å². The Hall–Kier alpha value is -0.870. The molecular weight excluding hydrogens is 208 g/mol. The van der Waals surface area contributed by atoms with Gasteiger partial charge in [0.15, 0.2) is 0 Å². The average Bonchev–Trinajstić information content (AvgIpc) is 2.59. The first-order valence-corrected chi connectivity index (χ1v) is 6.17. The van der Waals surface area contributed by atoms with Crippen LogP contribution in [0.3, 0.4) is 0 Å². The van der Waals surface area contributed by atoms with Crippen LogP contribution in [0.1, 0.15) is 34.6 Å². The minimum Gasteiger partial charge on any atom is -0.350 e. The molecule has 1 aromatic rings. The average molecular weight is 224 g/mol. The normalized spacial score (nSPS) is 15.1. The molecule has 0 fully saturated rings. The van der Waals surface area contributed by atoms with Crippen molar-refractivity contribution >= 4 is 17.2 Å². The van der Waals surface area contributed by atoms with Crippen LogP contribution in [0, 0.1) is 0 Å². The molecule has 1 amide bonds. The van der Waals surface area contributed by atoms with E-state index in [1.165, 1.54) is 10.4 Å². The van der Waals surface area contributed by atoms with Crippen molar-refractivity contribution in [2.45, 2.75) is 32.9 Å². The maximum atomic E-state index is 11.9. The number of fused-ring (bicyclic) bond motifs is 1. The Morgan fingerprint density at radius 2 is 2.40 bits per heavy atom. The standard InChI is InChI=1S/C11H16N2OS/c1-7(2)13-11(14)9-6-15-10-5-12-4-3-8(9)10/h6-7,12H,3-5H2,1-2H3,(H,13,14). The van der Waals surface area contributed by atoms with E-state index in [4.69, 9.17) is 0 Å². The minimum absolute atomic E-state index is 0.0735. The third-order valence-corrected chi connectivity index (χ3v) is 3.51. The Bertz CT molecular complexity index is 371. The molecule has 0 atom stereocenters. The van der Waals surface area contributed by atoms with Crippen LogP contribution in [-0.2, 0) is 13.0 Å². The lowest BCUT2D eigenvalue weighted by atomic mass is 10.0. The number of carbonyl (C=O) groups excluding carboxylic acids is 1. The number of hydrogen-bond acceptors (Lipinski definition) is 3. The zero-order valence-electron chi connectivity index (χ0n) is 9.09. The fourth-order valence-corrected chi connectivity index (χ4v) is 2.84. The van der Waals surface area contributed by atoms with Crippen molar-refractivity contribution in [3.63, 3.8) is 0 Å². The summed E-state index contributed by atoms with van der Waals surface area (Å²) in [5.41, 5.74) is 2.13. The second-order valence-corrected chi connectivity index (χ2v) is 5.07. The molecule has 0 saturated carbocycles. The molecule has 2 N–H and O–H groups in total. The van der Waals surface area contributed by atoms with Gasteiger partial charge in [0.05, 0.1) is 5.56 Å². The Morgan fingerprint density at radius 3 is 3.13 bits per heavy atom. The number of thiophene rings is 1. The first-order valence-electron chi connectivity index (χ1n) is 5.29. The van der Waals surface area contributed by atoms with E-state index in [1.807, 2.05) is 19.2 Å². The summed E-state index contributed by atoms with van der Waals surface area (Å²) in [7, 11) is 0. The third-order valence-electron chi connectivity index (χ3n) is 2.48. The Morgan fingerprint density at radius 1 is 1.60 bits per heavy atom. The Labute approximate surface area is 93.9 Å². The van der Waals surface area contributed by atoms with E-state index in [1.54, 1.807) is 11.3 Å². The quantitative estimate of drug-likeness (QED) is 0.800. The van der Waals surface area contributed by atoms with Crippen LogP contribution in [0.5, 0.6) is 0 Å². The van der Waals surface area contributed by atoms with Gasteiger partial charge >= 0.3 is 0 Å². The summed E-state index contributed by atoms with van der Waals surface area (Å²) in [6, 6.07) is 0.203. The molecule has 0 aromatic carbocycles. The number of amides is 1. The van der Waals surface area contributed by atoms with Crippen molar-refractivity contribution in [2.75, 3.05) is 6.54 Å². The number of hydrogen-bond donors (Lipinski definition) is 2. The first-order chi connectivity index (χ1) is 7.18. The first kappa shape index (κ1) is 10.6. The predicted octanol–water partition coefficient (Wildman–Crippen LogP) is 1.53. The monoisotopic (exact) mass is 224 g/mol. The Balaban J connectivity index is 2.21. The molecule has 4 heteroatoms. The van der Waals surface area contributed by atoms with E-state index in [0.29, 0.717) is 0 Å². The topological polar surface area (TPSA) is 41.1 Å². The van der Waals surface area contributed by atoms with Crippen LogP contribution in [0.25, 0.3) is 0 Å². The number of rotatable bonds is 2. The second kappa shape index (κ2) is 4.33. The molecule has 2 rings (SSSR count). The number of carbonyl (C=O) groups is 1. The maximum Gasteiger partial charge on any atom is 0.252 e. The highest BCUT2D eigenvalue weighted by molar-refractivity contribution is 7.10. The summed E-state index contributed by atoms with van der Waals surface area (Å²) < 4.78 is 0.